The zero-order chi connectivity index (χ0) is 13.7. The van der Waals surface area contributed by atoms with Crippen molar-refractivity contribution < 1.29 is 4.74 Å². The van der Waals surface area contributed by atoms with Crippen molar-refractivity contribution >= 4 is 51.4 Å². The normalized spacial score (nSPS) is 11.1. The molecule has 0 aliphatic rings. The number of rotatable bonds is 5. The Kier molecular flexibility index (Phi) is 5.55. The lowest BCUT2D eigenvalue weighted by atomic mass is 10.2. The molecule has 7 heteroatoms. The lowest BCUT2D eigenvalue weighted by molar-refractivity contribution is 0.315. The standard InChI is InChI=1S/C12H12I2N4O/c1-2-3-19-12-9(4-10(13)5-11(12)14)6-17-18-7-15-16-8-18/h4-8H,2-3H2,1H3/b17-6+. The van der Waals surface area contributed by atoms with Gasteiger partial charge in [0.1, 0.15) is 18.4 Å². The summed E-state index contributed by atoms with van der Waals surface area (Å²) in [4.78, 5) is 0. The molecule has 0 radical (unpaired) electrons. The summed E-state index contributed by atoms with van der Waals surface area (Å²) in [6.07, 6.45) is 5.83. The van der Waals surface area contributed by atoms with Gasteiger partial charge in [-0.1, -0.05) is 6.92 Å². The van der Waals surface area contributed by atoms with E-state index in [2.05, 4.69) is 73.5 Å². The Morgan fingerprint density at radius 2 is 2.05 bits per heavy atom. The highest BCUT2D eigenvalue weighted by atomic mass is 127. The lowest BCUT2D eigenvalue weighted by Gasteiger charge is -2.11. The van der Waals surface area contributed by atoms with E-state index in [1.54, 1.807) is 23.5 Å². The fourth-order valence-corrected chi connectivity index (χ4v) is 3.46. The van der Waals surface area contributed by atoms with Crippen molar-refractivity contribution in [1.29, 1.82) is 0 Å². The predicted octanol–water partition coefficient (Wildman–Crippen LogP) is 3.16. The minimum absolute atomic E-state index is 0.698. The van der Waals surface area contributed by atoms with Crippen molar-refractivity contribution in [1.82, 2.24) is 14.9 Å². The minimum atomic E-state index is 0.698. The fraction of sp³-hybridized carbons (Fsp3) is 0.250. The van der Waals surface area contributed by atoms with Gasteiger partial charge in [-0.2, -0.15) is 5.10 Å². The van der Waals surface area contributed by atoms with E-state index in [0.717, 1.165) is 24.9 Å². The van der Waals surface area contributed by atoms with Crippen LogP contribution in [-0.4, -0.2) is 27.7 Å². The van der Waals surface area contributed by atoms with Gasteiger partial charge in [0.15, 0.2) is 0 Å². The Morgan fingerprint density at radius 1 is 1.32 bits per heavy atom. The number of hydrogen-bond donors (Lipinski definition) is 0. The molecule has 0 saturated heterocycles. The molecule has 19 heavy (non-hydrogen) atoms. The molecule has 2 rings (SSSR count). The van der Waals surface area contributed by atoms with Crippen molar-refractivity contribution in [3.05, 3.63) is 37.5 Å². The molecule has 0 amide bonds. The Hall–Kier alpha value is -0.710. The van der Waals surface area contributed by atoms with Gasteiger partial charge in [0, 0.05) is 9.13 Å². The van der Waals surface area contributed by atoms with Crippen molar-refractivity contribution in [2.45, 2.75) is 13.3 Å². The second-order valence-electron chi connectivity index (χ2n) is 3.74. The molecule has 0 spiro atoms. The largest absolute Gasteiger partial charge is 0.492 e. The van der Waals surface area contributed by atoms with Crippen molar-refractivity contribution in [3.63, 3.8) is 0 Å². The number of nitrogens with zero attached hydrogens (tertiary/aromatic N) is 4. The molecule has 100 valence electrons. The van der Waals surface area contributed by atoms with Gasteiger partial charge in [0.05, 0.1) is 16.4 Å². The molecule has 0 aliphatic heterocycles. The Balaban J connectivity index is 2.31. The van der Waals surface area contributed by atoms with Crippen LogP contribution in [0.2, 0.25) is 0 Å². The first-order valence-corrected chi connectivity index (χ1v) is 7.87. The first-order chi connectivity index (χ1) is 9.20. The second-order valence-corrected chi connectivity index (χ2v) is 6.15. The quantitative estimate of drug-likeness (QED) is 0.487. The molecule has 1 aromatic carbocycles. The summed E-state index contributed by atoms with van der Waals surface area (Å²) in [5, 5.41) is 11.7. The molecule has 2 aromatic rings. The number of ether oxygens (including phenoxy) is 1. The van der Waals surface area contributed by atoms with E-state index < -0.39 is 0 Å². The fourth-order valence-electron chi connectivity index (χ4n) is 1.42. The molecule has 0 bridgehead atoms. The molecule has 0 atom stereocenters. The maximum atomic E-state index is 5.80. The smallest absolute Gasteiger partial charge is 0.141 e. The molecule has 0 unspecified atom stereocenters. The number of halogens is 2. The van der Waals surface area contributed by atoms with Crippen molar-refractivity contribution in [3.8, 4) is 5.75 Å². The van der Waals surface area contributed by atoms with Gasteiger partial charge < -0.3 is 4.74 Å². The monoisotopic (exact) mass is 482 g/mol. The SMILES string of the molecule is CCCOc1c(I)cc(I)cc1/C=N/n1cnnc1. The maximum absolute atomic E-state index is 5.80. The van der Waals surface area contributed by atoms with Gasteiger partial charge in [-0.3, -0.25) is 0 Å². The number of benzene rings is 1. The average molecular weight is 482 g/mol. The summed E-state index contributed by atoms with van der Waals surface area (Å²) in [5.41, 5.74) is 0.957. The summed E-state index contributed by atoms with van der Waals surface area (Å²) in [7, 11) is 0. The molecular formula is C12H12I2N4O. The molecular weight excluding hydrogens is 470 g/mol. The molecule has 0 N–H and O–H groups in total. The predicted molar refractivity (Wildman–Crippen MR) is 90.7 cm³/mol. The van der Waals surface area contributed by atoms with Crippen LogP contribution in [0.25, 0.3) is 0 Å². The van der Waals surface area contributed by atoms with E-state index in [0.29, 0.717) is 6.61 Å². The van der Waals surface area contributed by atoms with Crippen LogP contribution in [0.5, 0.6) is 5.75 Å². The molecule has 0 saturated carbocycles. The van der Waals surface area contributed by atoms with Gasteiger partial charge in [0.25, 0.3) is 0 Å². The summed E-state index contributed by atoms with van der Waals surface area (Å²) in [6.45, 7) is 2.79. The highest BCUT2D eigenvalue weighted by Crippen LogP contribution is 2.27. The summed E-state index contributed by atoms with van der Waals surface area (Å²) in [6, 6.07) is 4.13. The van der Waals surface area contributed by atoms with Crippen LogP contribution in [-0.2, 0) is 0 Å². The zero-order valence-corrected chi connectivity index (χ0v) is 14.6. The van der Waals surface area contributed by atoms with Crippen LogP contribution < -0.4 is 4.74 Å². The van der Waals surface area contributed by atoms with Crippen molar-refractivity contribution in [2.24, 2.45) is 5.10 Å². The lowest BCUT2D eigenvalue weighted by Crippen LogP contribution is -2.02. The highest BCUT2D eigenvalue weighted by molar-refractivity contribution is 14.1. The second kappa shape index (κ2) is 7.17. The van der Waals surface area contributed by atoms with Gasteiger partial charge in [0.2, 0.25) is 0 Å². The summed E-state index contributed by atoms with van der Waals surface area (Å²) >= 11 is 4.57. The summed E-state index contributed by atoms with van der Waals surface area (Å²) < 4.78 is 9.59. The van der Waals surface area contributed by atoms with E-state index >= 15 is 0 Å². The average Bonchev–Trinajstić information content (AvgIpc) is 2.88. The Bertz CT molecular complexity index is 569. The Labute approximate surface area is 138 Å². The van der Waals surface area contributed by atoms with Crippen LogP contribution in [0.4, 0.5) is 0 Å². The first-order valence-electron chi connectivity index (χ1n) is 5.71. The number of aromatic nitrogens is 3. The number of hydrogen-bond acceptors (Lipinski definition) is 4. The first kappa shape index (κ1) is 14.7. The van der Waals surface area contributed by atoms with Gasteiger partial charge >= 0.3 is 0 Å². The van der Waals surface area contributed by atoms with E-state index in [1.807, 2.05) is 6.07 Å². The third-order valence-corrected chi connectivity index (χ3v) is 3.65. The minimum Gasteiger partial charge on any atom is -0.492 e. The van der Waals surface area contributed by atoms with Crippen molar-refractivity contribution in [2.75, 3.05) is 6.61 Å². The van der Waals surface area contributed by atoms with Crippen LogP contribution in [0.3, 0.4) is 0 Å². The van der Waals surface area contributed by atoms with E-state index in [-0.39, 0.29) is 0 Å². The molecule has 1 heterocycles. The van der Waals surface area contributed by atoms with Crippen LogP contribution in [0.15, 0.2) is 29.9 Å². The van der Waals surface area contributed by atoms with E-state index in [1.165, 1.54) is 0 Å². The van der Waals surface area contributed by atoms with Gasteiger partial charge in [-0.05, 0) is 63.7 Å². The Morgan fingerprint density at radius 3 is 2.74 bits per heavy atom. The highest BCUT2D eigenvalue weighted by Gasteiger charge is 2.08. The summed E-state index contributed by atoms with van der Waals surface area (Å²) in [5.74, 6) is 0.875. The molecule has 1 aromatic heterocycles. The van der Waals surface area contributed by atoms with Gasteiger partial charge in [-0.25, -0.2) is 4.68 Å². The third kappa shape index (κ3) is 4.13. The molecule has 5 nitrogen and oxygen atoms in total. The van der Waals surface area contributed by atoms with E-state index in [9.17, 15) is 0 Å². The van der Waals surface area contributed by atoms with Crippen LogP contribution in [0, 0.1) is 7.14 Å². The topological polar surface area (TPSA) is 52.3 Å². The van der Waals surface area contributed by atoms with Crippen LogP contribution >= 0.6 is 45.2 Å². The maximum Gasteiger partial charge on any atom is 0.141 e. The molecule has 0 aliphatic carbocycles. The molecule has 0 fully saturated rings. The van der Waals surface area contributed by atoms with Crippen LogP contribution in [0.1, 0.15) is 18.9 Å². The van der Waals surface area contributed by atoms with Gasteiger partial charge in [-0.15, -0.1) is 10.2 Å². The third-order valence-electron chi connectivity index (χ3n) is 2.22. The zero-order valence-electron chi connectivity index (χ0n) is 10.3. The van der Waals surface area contributed by atoms with E-state index in [4.69, 9.17) is 4.74 Å².